The number of carbonyl (C=O) groups is 1. The molecule has 1 amide bonds. The molecule has 1 aliphatic heterocycles. The van der Waals surface area contributed by atoms with Crippen LogP contribution in [0, 0.1) is 6.92 Å². The molecule has 1 N–H and O–H groups in total. The van der Waals surface area contributed by atoms with E-state index in [1.54, 1.807) is 6.07 Å². The number of aryl methyl sites for hydroxylation is 1. The van der Waals surface area contributed by atoms with Crippen LogP contribution in [0.2, 0.25) is 0 Å². The Morgan fingerprint density at radius 2 is 1.96 bits per heavy atom. The molecule has 24 heavy (non-hydrogen) atoms. The minimum atomic E-state index is -4.54. The number of phenols is 1. The lowest BCUT2D eigenvalue weighted by molar-refractivity contribution is -0.137. The number of benzene rings is 1. The zero-order valence-corrected chi connectivity index (χ0v) is 12.8. The van der Waals surface area contributed by atoms with E-state index in [2.05, 4.69) is 10.2 Å². The zero-order chi connectivity index (χ0) is 17.5. The Morgan fingerprint density at radius 3 is 2.46 bits per heavy atom. The van der Waals surface area contributed by atoms with E-state index < -0.39 is 17.5 Å². The van der Waals surface area contributed by atoms with Crippen molar-refractivity contribution < 1.29 is 23.1 Å². The number of hydrogen-bond donors (Lipinski definition) is 1. The summed E-state index contributed by atoms with van der Waals surface area (Å²) in [7, 11) is 0. The molecule has 5 nitrogen and oxygen atoms in total. The van der Waals surface area contributed by atoms with Crippen LogP contribution in [0.15, 0.2) is 24.3 Å². The number of halogens is 3. The van der Waals surface area contributed by atoms with Crippen LogP contribution in [-0.4, -0.2) is 27.8 Å². The molecule has 0 saturated carbocycles. The Labute approximate surface area is 135 Å². The fraction of sp³-hybridized carbons (Fsp3) is 0.312. The van der Waals surface area contributed by atoms with Gasteiger partial charge in [0.05, 0.1) is 11.3 Å². The maximum Gasteiger partial charge on any atom is 0.416 e. The second-order valence-corrected chi connectivity index (χ2v) is 5.61. The van der Waals surface area contributed by atoms with Gasteiger partial charge >= 0.3 is 6.18 Å². The molecule has 0 spiro atoms. The summed E-state index contributed by atoms with van der Waals surface area (Å²) in [5, 5.41) is 17.9. The molecular formula is C16H14F3N3O2. The van der Waals surface area contributed by atoms with Gasteiger partial charge in [0.1, 0.15) is 5.75 Å². The van der Waals surface area contributed by atoms with Crippen molar-refractivity contribution in [3.05, 3.63) is 35.4 Å². The number of carbonyl (C=O) groups excluding carboxylic acids is 1. The number of aromatic nitrogens is 2. The number of phenolic OH excluding ortho intramolecular Hbond substituents is 1. The largest absolute Gasteiger partial charge is 0.507 e. The first-order chi connectivity index (χ1) is 11.3. The summed E-state index contributed by atoms with van der Waals surface area (Å²) >= 11 is 0. The predicted octanol–water partition coefficient (Wildman–Crippen LogP) is 3.30. The molecule has 2 aromatic rings. The lowest BCUT2D eigenvalue weighted by atomic mass is 10.0. The van der Waals surface area contributed by atoms with E-state index in [-0.39, 0.29) is 22.7 Å². The van der Waals surface area contributed by atoms with Crippen molar-refractivity contribution in [2.45, 2.75) is 25.9 Å². The van der Waals surface area contributed by atoms with Gasteiger partial charge in [-0.05, 0) is 43.2 Å². The number of alkyl halides is 3. The molecule has 3 rings (SSSR count). The van der Waals surface area contributed by atoms with Gasteiger partial charge in [-0.2, -0.15) is 13.2 Å². The quantitative estimate of drug-likeness (QED) is 0.913. The van der Waals surface area contributed by atoms with Crippen LogP contribution < -0.4 is 4.90 Å². The van der Waals surface area contributed by atoms with Gasteiger partial charge in [0.2, 0.25) is 5.91 Å². The van der Waals surface area contributed by atoms with Gasteiger partial charge in [0.15, 0.2) is 5.82 Å². The van der Waals surface area contributed by atoms with E-state index in [9.17, 15) is 23.1 Å². The van der Waals surface area contributed by atoms with Gasteiger partial charge in [-0.15, -0.1) is 10.2 Å². The molecule has 126 valence electrons. The maximum atomic E-state index is 12.8. The monoisotopic (exact) mass is 337 g/mol. The van der Waals surface area contributed by atoms with Gasteiger partial charge in [-0.3, -0.25) is 9.69 Å². The average Bonchev–Trinajstić information content (AvgIpc) is 2.92. The molecule has 0 aliphatic carbocycles. The fourth-order valence-electron chi connectivity index (χ4n) is 2.76. The predicted molar refractivity (Wildman–Crippen MR) is 80.5 cm³/mol. The van der Waals surface area contributed by atoms with Crippen LogP contribution in [0.3, 0.4) is 0 Å². The number of rotatable bonds is 2. The second kappa shape index (κ2) is 5.77. The zero-order valence-electron chi connectivity index (χ0n) is 12.8. The number of anilines is 1. The standard InChI is InChI=1S/C16H14F3N3O2/c1-9-7-10(16(17,18)19)8-12(23)15(9)11-4-5-13(21-20-11)22-6-2-3-14(22)24/h4-5,7-8,23H,2-3,6H2,1H3. The molecular weight excluding hydrogens is 323 g/mol. The van der Waals surface area contributed by atoms with Crippen LogP contribution in [0.5, 0.6) is 5.75 Å². The summed E-state index contributed by atoms with van der Waals surface area (Å²) in [6.07, 6.45) is -3.32. The molecule has 1 aliphatic rings. The first-order valence-corrected chi connectivity index (χ1v) is 7.32. The second-order valence-electron chi connectivity index (χ2n) is 5.61. The Hall–Kier alpha value is -2.64. The first-order valence-electron chi connectivity index (χ1n) is 7.32. The van der Waals surface area contributed by atoms with Gasteiger partial charge < -0.3 is 5.11 Å². The molecule has 2 heterocycles. The van der Waals surface area contributed by atoms with Gasteiger partial charge in [-0.25, -0.2) is 0 Å². The highest BCUT2D eigenvalue weighted by Crippen LogP contribution is 2.38. The highest BCUT2D eigenvalue weighted by Gasteiger charge is 2.32. The Morgan fingerprint density at radius 1 is 1.21 bits per heavy atom. The Bertz CT molecular complexity index is 765. The van der Waals surface area contributed by atoms with Gasteiger partial charge in [0.25, 0.3) is 0 Å². The minimum absolute atomic E-state index is 0.0365. The van der Waals surface area contributed by atoms with Crippen molar-refractivity contribution in [3.8, 4) is 17.0 Å². The fourth-order valence-corrected chi connectivity index (χ4v) is 2.76. The van der Waals surface area contributed by atoms with Gasteiger partial charge in [-0.1, -0.05) is 0 Å². The summed E-state index contributed by atoms with van der Waals surface area (Å²) in [6.45, 7) is 2.03. The highest BCUT2D eigenvalue weighted by atomic mass is 19.4. The van der Waals surface area contributed by atoms with Crippen LogP contribution in [0.4, 0.5) is 19.0 Å². The van der Waals surface area contributed by atoms with Crippen LogP contribution in [-0.2, 0) is 11.0 Å². The number of amides is 1. The summed E-state index contributed by atoms with van der Waals surface area (Å²) < 4.78 is 38.3. The highest BCUT2D eigenvalue weighted by molar-refractivity contribution is 5.94. The number of hydrogen-bond acceptors (Lipinski definition) is 4. The van der Waals surface area contributed by atoms with Crippen LogP contribution in [0.1, 0.15) is 24.0 Å². The molecule has 8 heteroatoms. The Kier molecular flexibility index (Phi) is 3.90. The summed E-state index contributed by atoms with van der Waals surface area (Å²) in [4.78, 5) is 13.2. The third-order valence-electron chi connectivity index (χ3n) is 3.90. The number of nitrogens with zero attached hydrogens (tertiary/aromatic N) is 3. The van der Waals surface area contributed by atoms with Crippen molar-refractivity contribution >= 4 is 11.7 Å². The average molecular weight is 337 g/mol. The first kappa shape index (κ1) is 16.2. The molecule has 0 bridgehead atoms. The molecule has 0 unspecified atom stereocenters. The number of aromatic hydroxyl groups is 1. The lowest BCUT2D eigenvalue weighted by Gasteiger charge is -2.15. The van der Waals surface area contributed by atoms with E-state index in [1.165, 1.54) is 17.9 Å². The summed E-state index contributed by atoms with van der Waals surface area (Å²) in [6, 6.07) is 4.72. The lowest BCUT2D eigenvalue weighted by Crippen LogP contribution is -2.24. The molecule has 0 radical (unpaired) electrons. The third-order valence-corrected chi connectivity index (χ3v) is 3.90. The topological polar surface area (TPSA) is 66.3 Å². The van der Waals surface area contributed by atoms with E-state index in [0.717, 1.165) is 12.5 Å². The molecule has 0 atom stereocenters. The van der Waals surface area contributed by atoms with E-state index in [4.69, 9.17) is 0 Å². The molecule has 1 aromatic heterocycles. The van der Waals surface area contributed by atoms with Crippen LogP contribution >= 0.6 is 0 Å². The van der Waals surface area contributed by atoms with Crippen LogP contribution in [0.25, 0.3) is 11.3 Å². The van der Waals surface area contributed by atoms with Crippen molar-refractivity contribution in [2.24, 2.45) is 0 Å². The molecule has 1 saturated heterocycles. The van der Waals surface area contributed by atoms with Crippen molar-refractivity contribution in [1.82, 2.24) is 10.2 Å². The van der Waals surface area contributed by atoms with Crippen molar-refractivity contribution in [1.29, 1.82) is 0 Å². The minimum Gasteiger partial charge on any atom is -0.507 e. The Balaban J connectivity index is 1.96. The van der Waals surface area contributed by atoms with E-state index in [0.29, 0.717) is 24.8 Å². The summed E-state index contributed by atoms with van der Waals surface area (Å²) in [5.74, 6) is -0.155. The third kappa shape index (κ3) is 2.91. The molecule has 1 aromatic carbocycles. The normalized spacial score (nSPS) is 15.2. The SMILES string of the molecule is Cc1cc(C(F)(F)F)cc(O)c1-c1ccc(N2CCCC2=O)nn1. The van der Waals surface area contributed by atoms with E-state index in [1.807, 2.05) is 0 Å². The molecule has 1 fully saturated rings. The van der Waals surface area contributed by atoms with Crippen molar-refractivity contribution in [2.75, 3.05) is 11.4 Å². The van der Waals surface area contributed by atoms with E-state index >= 15 is 0 Å². The van der Waals surface area contributed by atoms with Crippen molar-refractivity contribution in [3.63, 3.8) is 0 Å². The summed E-state index contributed by atoms with van der Waals surface area (Å²) in [5.41, 5.74) is -0.251. The van der Waals surface area contributed by atoms with Gasteiger partial charge in [0, 0.05) is 18.5 Å². The maximum absolute atomic E-state index is 12.8. The smallest absolute Gasteiger partial charge is 0.416 e.